The minimum absolute atomic E-state index is 0.0958. The highest BCUT2D eigenvalue weighted by atomic mass is 16.3. The first-order valence-corrected chi connectivity index (χ1v) is 7.20. The van der Waals surface area contributed by atoms with Crippen molar-refractivity contribution in [2.75, 3.05) is 18.4 Å². The van der Waals surface area contributed by atoms with Crippen LogP contribution in [0.3, 0.4) is 0 Å². The molecule has 1 N–H and O–H groups in total. The molecule has 2 aromatic rings. The topological polar surface area (TPSA) is 63.3 Å². The van der Waals surface area contributed by atoms with Crippen molar-refractivity contribution in [3.63, 3.8) is 0 Å². The van der Waals surface area contributed by atoms with Gasteiger partial charge in [-0.25, -0.2) is 0 Å². The number of hydrogen-bond donors (Lipinski definition) is 1. The molecule has 3 rings (SSSR count). The number of nitrogens with zero attached hydrogens (tertiary/aromatic N) is 3. The summed E-state index contributed by atoms with van der Waals surface area (Å²) in [6.45, 7) is 6.26. The Morgan fingerprint density at radius 1 is 1.48 bits per heavy atom. The lowest BCUT2D eigenvalue weighted by molar-refractivity contribution is -0.114. The maximum absolute atomic E-state index is 11.0. The van der Waals surface area contributed by atoms with E-state index in [-0.39, 0.29) is 5.91 Å². The van der Waals surface area contributed by atoms with E-state index in [2.05, 4.69) is 15.3 Å². The zero-order valence-electron chi connectivity index (χ0n) is 12.4. The molecule has 0 radical (unpaired) electrons. The first-order chi connectivity index (χ1) is 10.1. The molecule has 1 aliphatic heterocycles. The maximum Gasteiger partial charge on any atom is 0.222 e. The van der Waals surface area contributed by atoms with Crippen molar-refractivity contribution in [2.24, 2.45) is 0 Å². The van der Waals surface area contributed by atoms with Crippen LogP contribution in [0.1, 0.15) is 30.9 Å². The predicted molar refractivity (Wildman–Crippen MR) is 78.9 cm³/mol. The first kappa shape index (κ1) is 13.9. The van der Waals surface area contributed by atoms with Crippen LogP contribution in [0.4, 0.5) is 5.82 Å². The zero-order chi connectivity index (χ0) is 14.8. The second-order valence-corrected chi connectivity index (χ2v) is 5.55. The fraction of sp³-hybridized carbons (Fsp3) is 0.467. The molecule has 112 valence electrons. The van der Waals surface area contributed by atoms with Gasteiger partial charge in [0.15, 0.2) is 5.82 Å². The zero-order valence-corrected chi connectivity index (χ0v) is 12.4. The Hall–Kier alpha value is -2.08. The molecule has 1 unspecified atom stereocenters. The minimum atomic E-state index is -0.0958. The first-order valence-electron chi connectivity index (χ1n) is 7.20. The molecule has 1 fully saturated rings. The van der Waals surface area contributed by atoms with Gasteiger partial charge in [0.1, 0.15) is 11.5 Å². The molecule has 0 bridgehead atoms. The van der Waals surface area contributed by atoms with Crippen LogP contribution in [0.25, 0.3) is 0 Å². The van der Waals surface area contributed by atoms with Crippen LogP contribution in [0.15, 0.2) is 28.8 Å². The van der Waals surface area contributed by atoms with Gasteiger partial charge in [0.05, 0.1) is 12.6 Å². The second kappa shape index (κ2) is 5.73. The number of hydrogen-bond acceptors (Lipinski definition) is 4. The van der Waals surface area contributed by atoms with E-state index in [4.69, 9.17) is 4.42 Å². The molecule has 21 heavy (non-hydrogen) atoms. The van der Waals surface area contributed by atoms with Gasteiger partial charge in [0.2, 0.25) is 5.91 Å². The Bertz CT molecular complexity index is 631. The third-order valence-electron chi connectivity index (χ3n) is 3.71. The number of furan rings is 1. The van der Waals surface area contributed by atoms with Gasteiger partial charge in [-0.2, -0.15) is 5.10 Å². The monoisotopic (exact) mass is 288 g/mol. The molecule has 1 saturated heterocycles. The number of likely N-dealkylation sites (tertiary alicyclic amines) is 1. The van der Waals surface area contributed by atoms with Crippen LogP contribution in [0, 0.1) is 6.92 Å². The highest BCUT2D eigenvalue weighted by Gasteiger charge is 2.25. The van der Waals surface area contributed by atoms with Crippen molar-refractivity contribution in [3.8, 4) is 0 Å². The van der Waals surface area contributed by atoms with Crippen LogP contribution in [0.5, 0.6) is 0 Å². The summed E-state index contributed by atoms with van der Waals surface area (Å²) in [4.78, 5) is 13.4. The van der Waals surface area contributed by atoms with Gasteiger partial charge in [0, 0.05) is 32.3 Å². The van der Waals surface area contributed by atoms with Crippen molar-refractivity contribution in [2.45, 2.75) is 32.9 Å². The van der Waals surface area contributed by atoms with Crippen LogP contribution < -0.4 is 5.32 Å². The smallest absolute Gasteiger partial charge is 0.222 e. The third kappa shape index (κ3) is 3.33. The SMILES string of the molecule is CC(=O)Nc1ccn(C2CCN(Cc3ccc(C)o3)C2)n1. The minimum Gasteiger partial charge on any atom is -0.465 e. The highest BCUT2D eigenvalue weighted by Crippen LogP contribution is 2.23. The molecule has 1 amide bonds. The Morgan fingerprint density at radius 2 is 2.33 bits per heavy atom. The molecule has 1 atom stereocenters. The summed E-state index contributed by atoms with van der Waals surface area (Å²) < 4.78 is 7.57. The van der Waals surface area contributed by atoms with Crippen molar-refractivity contribution in [1.82, 2.24) is 14.7 Å². The number of aryl methyl sites for hydroxylation is 1. The second-order valence-electron chi connectivity index (χ2n) is 5.55. The number of rotatable bonds is 4. The molecule has 6 nitrogen and oxygen atoms in total. The van der Waals surface area contributed by atoms with Gasteiger partial charge in [0.25, 0.3) is 0 Å². The summed E-state index contributed by atoms with van der Waals surface area (Å²) >= 11 is 0. The Balaban J connectivity index is 1.58. The Kier molecular flexibility index (Phi) is 3.79. The van der Waals surface area contributed by atoms with Crippen molar-refractivity contribution in [3.05, 3.63) is 35.9 Å². The number of amides is 1. The maximum atomic E-state index is 11.0. The number of anilines is 1. The lowest BCUT2D eigenvalue weighted by Crippen LogP contribution is -2.21. The van der Waals surface area contributed by atoms with E-state index in [9.17, 15) is 4.79 Å². The van der Waals surface area contributed by atoms with Gasteiger partial charge in [-0.15, -0.1) is 0 Å². The van der Waals surface area contributed by atoms with E-state index in [1.54, 1.807) is 0 Å². The Morgan fingerprint density at radius 3 is 3.05 bits per heavy atom. The average Bonchev–Trinajstić information content (AvgIpc) is 3.11. The lowest BCUT2D eigenvalue weighted by atomic mass is 10.3. The van der Waals surface area contributed by atoms with E-state index in [1.807, 2.05) is 36.0 Å². The van der Waals surface area contributed by atoms with E-state index in [0.717, 1.165) is 37.6 Å². The van der Waals surface area contributed by atoms with Crippen LogP contribution in [0.2, 0.25) is 0 Å². The number of carbonyl (C=O) groups excluding carboxylic acids is 1. The number of carbonyl (C=O) groups is 1. The summed E-state index contributed by atoms with van der Waals surface area (Å²) in [5.74, 6) is 2.48. The van der Waals surface area contributed by atoms with Gasteiger partial charge < -0.3 is 9.73 Å². The summed E-state index contributed by atoms with van der Waals surface area (Å²) in [5, 5.41) is 7.12. The normalized spacial score (nSPS) is 19.0. The molecular weight excluding hydrogens is 268 g/mol. The predicted octanol–water partition coefficient (Wildman–Crippen LogP) is 2.19. The quantitative estimate of drug-likeness (QED) is 0.936. The summed E-state index contributed by atoms with van der Waals surface area (Å²) in [6.07, 6.45) is 2.98. The molecule has 0 saturated carbocycles. The van der Waals surface area contributed by atoms with Gasteiger partial charge in [-0.3, -0.25) is 14.4 Å². The van der Waals surface area contributed by atoms with Crippen molar-refractivity contribution in [1.29, 1.82) is 0 Å². The fourth-order valence-corrected chi connectivity index (χ4v) is 2.75. The molecule has 1 aliphatic rings. The van der Waals surface area contributed by atoms with Crippen molar-refractivity contribution < 1.29 is 9.21 Å². The van der Waals surface area contributed by atoms with Crippen molar-refractivity contribution >= 4 is 11.7 Å². The lowest BCUT2D eigenvalue weighted by Gasteiger charge is -2.14. The number of aromatic nitrogens is 2. The summed E-state index contributed by atoms with van der Waals surface area (Å²) in [5.41, 5.74) is 0. The van der Waals surface area contributed by atoms with E-state index >= 15 is 0 Å². The average molecular weight is 288 g/mol. The van der Waals surface area contributed by atoms with Crippen LogP contribution in [-0.4, -0.2) is 33.7 Å². The van der Waals surface area contributed by atoms with Gasteiger partial charge in [-0.05, 0) is 25.5 Å². The molecule has 2 aromatic heterocycles. The Labute approximate surface area is 123 Å². The summed E-state index contributed by atoms with van der Waals surface area (Å²) in [6, 6.07) is 6.21. The fourth-order valence-electron chi connectivity index (χ4n) is 2.75. The van der Waals surface area contributed by atoms with E-state index < -0.39 is 0 Å². The summed E-state index contributed by atoms with van der Waals surface area (Å²) in [7, 11) is 0. The molecule has 0 spiro atoms. The van der Waals surface area contributed by atoms with Crippen LogP contribution in [-0.2, 0) is 11.3 Å². The third-order valence-corrected chi connectivity index (χ3v) is 3.71. The standard InChI is InChI=1S/C15H20N4O2/c1-11-3-4-14(21-11)10-18-7-5-13(9-18)19-8-6-15(17-19)16-12(2)20/h3-4,6,8,13H,5,7,9-10H2,1-2H3,(H,16,17,20). The molecule has 0 aliphatic carbocycles. The largest absolute Gasteiger partial charge is 0.465 e. The molecule has 0 aromatic carbocycles. The molecule has 6 heteroatoms. The number of nitrogens with one attached hydrogen (secondary N) is 1. The van der Waals surface area contributed by atoms with E-state index in [0.29, 0.717) is 11.9 Å². The molecule has 3 heterocycles. The van der Waals surface area contributed by atoms with E-state index in [1.165, 1.54) is 6.92 Å². The van der Waals surface area contributed by atoms with Gasteiger partial charge >= 0.3 is 0 Å². The van der Waals surface area contributed by atoms with Crippen LogP contribution >= 0.6 is 0 Å². The van der Waals surface area contributed by atoms with Gasteiger partial charge in [-0.1, -0.05) is 0 Å². The highest BCUT2D eigenvalue weighted by molar-refractivity contribution is 5.87. The molecular formula is C15H20N4O2.